The third-order valence-electron chi connectivity index (χ3n) is 4.25. The van der Waals surface area contributed by atoms with Gasteiger partial charge in [-0.2, -0.15) is 13.2 Å². The van der Waals surface area contributed by atoms with Gasteiger partial charge in [-0.3, -0.25) is 4.79 Å². The number of amides is 1. The van der Waals surface area contributed by atoms with Gasteiger partial charge in [0.2, 0.25) is 20.9 Å². The van der Waals surface area contributed by atoms with Gasteiger partial charge in [0.15, 0.2) is 0 Å². The summed E-state index contributed by atoms with van der Waals surface area (Å²) in [6.07, 6.45) is -3.19. The second-order valence-corrected chi connectivity index (χ2v) is 10.4. The molecular weight excluding hydrogens is 483 g/mol. The molecule has 12 heteroatoms. The SMILES string of the molecule is CSc1ccccc1NC(=O)CCCS(=O)(=O)c1nc(-c2cccs2)cc(C(F)(F)F)n1. The number of hydrogen-bond acceptors (Lipinski definition) is 7. The summed E-state index contributed by atoms with van der Waals surface area (Å²) < 4.78 is 65.1. The molecule has 0 spiro atoms. The Hall–Kier alpha value is -2.44. The van der Waals surface area contributed by atoms with Gasteiger partial charge < -0.3 is 5.32 Å². The van der Waals surface area contributed by atoms with Crippen LogP contribution in [0.25, 0.3) is 10.6 Å². The molecular formula is C20H18F3N3O3S3. The molecule has 6 nitrogen and oxygen atoms in total. The van der Waals surface area contributed by atoms with Crippen molar-refractivity contribution >= 4 is 44.5 Å². The van der Waals surface area contributed by atoms with E-state index in [1.54, 1.807) is 29.6 Å². The van der Waals surface area contributed by atoms with Crippen molar-refractivity contribution in [3.63, 3.8) is 0 Å². The van der Waals surface area contributed by atoms with Crippen molar-refractivity contribution in [2.75, 3.05) is 17.3 Å². The molecule has 1 aromatic carbocycles. The highest BCUT2D eigenvalue weighted by molar-refractivity contribution is 7.98. The first kappa shape index (κ1) is 24.2. The van der Waals surface area contributed by atoms with Gasteiger partial charge in [0.1, 0.15) is 5.69 Å². The number of halogens is 3. The summed E-state index contributed by atoms with van der Waals surface area (Å²) in [5, 5.41) is 3.46. The van der Waals surface area contributed by atoms with Crippen LogP contribution in [0.15, 0.2) is 57.9 Å². The van der Waals surface area contributed by atoms with E-state index < -0.39 is 38.5 Å². The van der Waals surface area contributed by atoms with Gasteiger partial charge in [0.25, 0.3) is 0 Å². The van der Waals surface area contributed by atoms with Crippen LogP contribution in [0.1, 0.15) is 18.5 Å². The maximum atomic E-state index is 13.3. The van der Waals surface area contributed by atoms with Crippen LogP contribution in [0.2, 0.25) is 0 Å². The number of anilines is 1. The third-order valence-corrected chi connectivity index (χ3v) is 7.50. The monoisotopic (exact) mass is 501 g/mol. The Kier molecular flexibility index (Phi) is 7.57. The Morgan fingerprint density at radius 3 is 2.56 bits per heavy atom. The fraction of sp³-hybridized carbons (Fsp3) is 0.250. The lowest BCUT2D eigenvalue weighted by Crippen LogP contribution is -2.18. The number of benzene rings is 1. The zero-order valence-corrected chi connectivity index (χ0v) is 19.2. The van der Waals surface area contributed by atoms with Crippen LogP contribution < -0.4 is 5.32 Å². The summed E-state index contributed by atoms with van der Waals surface area (Å²) in [7, 11) is -4.24. The summed E-state index contributed by atoms with van der Waals surface area (Å²) in [6, 6.07) is 11.0. The Morgan fingerprint density at radius 2 is 1.91 bits per heavy atom. The van der Waals surface area contributed by atoms with Crippen LogP contribution in [0.4, 0.5) is 18.9 Å². The number of sulfone groups is 1. The molecule has 0 unspecified atom stereocenters. The first-order valence-corrected chi connectivity index (χ1v) is 13.0. The van der Waals surface area contributed by atoms with Crippen LogP contribution in [0.5, 0.6) is 0 Å². The van der Waals surface area contributed by atoms with Crippen LogP contribution in [-0.2, 0) is 20.8 Å². The summed E-state index contributed by atoms with van der Waals surface area (Å²) in [5.74, 6) is -0.957. The number of hydrogen-bond donors (Lipinski definition) is 1. The van der Waals surface area contributed by atoms with Crippen molar-refractivity contribution in [3.8, 4) is 10.6 Å². The summed E-state index contributed by atoms with van der Waals surface area (Å²) in [4.78, 5) is 20.6. The van der Waals surface area contributed by atoms with Gasteiger partial charge in [-0.25, -0.2) is 18.4 Å². The van der Waals surface area contributed by atoms with Crippen molar-refractivity contribution in [3.05, 3.63) is 53.5 Å². The first-order valence-electron chi connectivity index (χ1n) is 9.26. The van der Waals surface area contributed by atoms with E-state index in [0.717, 1.165) is 22.3 Å². The quantitative estimate of drug-likeness (QED) is 0.340. The van der Waals surface area contributed by atoms with Crippen molar-refractivity contribution in [1.29, 1.82) is 0 Å². The molecule has 0 radical (unpaired) electrons. The molecule has 170 valence electrons. The molecule has 0 fully saturated rings. The lowest BCUT2D eigenvalue weighted by atomic mass is 10.3. The number of para-hydroxylation sites is 1. The van der Waals surface area contributed by atoms with E-state index in [0.29, 0.717) is 10.6 Å². The molecule has 32 heavy (non-hydrogen) atoms. The molecule has 1 amide bonds. The van der Waals surface area contributed by atoms with Gasteiger partial charge in [-0.1, -0.05) is 18.2 Å². The van der Waals surface area contributed by atoms with Crippen molar-refractivity contribution < 1.29 is 26.4 Å². The zero-order valence-electron chi connectivity index (χ0n) is 16.7. The van der Waals surface area contributed by atoms with Crippen LogP contribution >= 0.6 is 23.1 Å². The summed E-state index contributed by atoms with van der Waals surface area (Å²) in [6.45, 7) is 0. The topological polar surface area (TPSA) is 89.0 Å². The molecule has 3 aromatic rings. The number of thiophene rings is 1. The second kappa shape index (κ2) is 10.0. The molecule has 0 aliphatic carbocycles. The Bertz CT molecular complexity index is 1200. The molecule has 2 aromatic heterocycles. The predicted octanol–water partition coefficient (Wildman–Crippen LogP) is 5.14. The number of thioether (sulfide) groups is 1. The van der Waals surface area contributed by atoms with Crippen LogP contribution in [0, 0.1) is 0 Å². The average molecular weight is 502 g/mol. The lowest BCUT2D eigenvalue weighted by Gasteiger charge is -2.11. The van der Waals surface area contributed by atoms with Gasteiger partial charge in [-0.05, 0) is 42.3 Å². The average Bonchev–Trinajstić information content (AvgIpc) is 3.28. The third kappa shape index (κ3) is 6.08. The lowest BCUT2D eigenvalue weighted by molar-refractivity contribution is -0.141. The van der Waals surface area contributed by atoms with Gasteiger partial charge in [0, 0.05) is 11.3 Å². The van der Waals surface area contributed by atoms with E-state index in [1.807, 2.05) is 18.4 Å². The van der Waals surface area contributed by atoms with Crippen LogP contribution in [0.3, 0.4) is 0 Å². The highest BCUT2D eigenvalue weighted by atomic mass is 32.2. The minimum Gasteiger partial charge on any atom is -0.325 e. The minimum absolute atomic E-state index is 0.0937. The highest BCUT2D eigenvalue weighted by Crippen LogP contribution is 2.32. The summed E-state index contributed by atoms with van der Waals surface area (Å²) >= 11 is 2.58. The Labute approximate surface area is 191 Å². The number of aromatic nitrogens is 2. The van der Waals surface area contributed by atoms with E-state index in [-0.39, 0.29) is 18.5 Å². The number of alkyl halides is 3. The zero-order chi connectivity index (χ0) is 23.4. The standard InChI is InChI=1S/C20H18F3N3O3S3/c1-30-15-7-3-2-6-13(15)24-18(27)9-5-11-32(28,29)19-25-14(16-8-4-10-31-16)12-17(26-19)20(21,22)23/h2-4,6-8,10,12H,5,9,11H2,1H3,(H,24,27). The molecule has 0 bridgehead atoms. The summed E-state index contributed by atoms with van der Waals surface area (Å²) in [5.41, 5.74) is -0.845. The Balaban J connectivity index is 1.73. The molecule has 0 saturated heterocycles. The number of nitrogens with one attached hydrogen (secondary N) is 1. The molecule has 0 atom stereocenters. The van der Waals surface area contributed by atoms with E-state index >= 15 is 0 Å². The van der Waals surface area contributed by atoms with Crippen molar-refractivity contribution in [1.82, 2.24) is 9.97 Å². The minimum atomic E-state index is -4.83. The van der Waals surface area contributed by atoms with Crippen molar-refractivity contribution in [2.45, 2.75) is 29.1 Å². The van der Waals surface area contributed by atoms with E-state index in [2.05, 4.69) is 15.3 Å². The molecule has 0 saturated carbocycles. The fourth-order valence-corrected chi connectivity index (χ4v) is 5.16. The molecule has 0 aliphatic heterocycles. The predicted molar refractivity (Wildman–Crippen MR) is 118 cm³/mol. The number of nitrogens with zero attached hydrogens (tertiary/aromatic N) is 2. The maximum absolute atomic E-state index is 13.3. The van der Waals surface area contributed by atoms with E-state index in [1.165, 1.54) is 11.8 Å². The smallest absolute Gasteiger partial charge is 0.325 e. The number of carbonyl (C=O) groups is 1. The largest absolute Gasteiger partial charge is 0.433 e. The van der Waals surface area contributed by atoms with Gasteiger partial charge in [-0.15, -0.1) is 23.1 Å². The molecule has 2 heterocycles. The fourth-order valence-electron chi connectivity index (χ4n) is 2.73. The highest BCUT2D eigenvalue weighted by Gasteiger charge is 2.35. The molecule has 3 rings (SSSR count). The Morgan fingerprint density at radius 1 is 1.16 bits per heavy atom. The molecule has 0 aliphatic rings. The number of carbonyl (C=O) groups excluding carboxylic acids is 1. The van der Waals surface area contributed by atoms with Gasteiger partial charge in [0.05, 0.1) is 22.0 Å². The first-order chi connectivity index (χ1) is 15.1. The normalized spacial score (nSPS) is 12.0. The number of rotatable bonds is 8. The maximum Gasteiger partial charge on any atom is 0.433 e. The van der Waals surface area contributed by atoms with E-state index in [9.17, 15) is 26.4 Å². The van der Waals surface area contributed by atoms with Crippen LogP contribution in [-0.4, -0.2) is 36.3 Å². The van der Waals surface area contributed by atoms with E-state index in [4.69, 9.17) is 0 Å². The second-order valence-electron chi connectivity index (χ2n) is 6.57. The van der Waals surface area contributed by atoms with Gasteiger partial charge >= 0.3 is 6.18 Å². The van der Waals surface area contributed by atoms with Crippen molar-refractivity contribution in [2.24, 2.45) is 0 Å². The molecule has 1 N–H and O–H groups in total.